The number of carboxylic acids is 1. The van der Waals surface area contributed by atoms with Crippen LogP contribution in [0.15, 0.2) is 41.4 Å². The van der Waals surface area contributed by atoms with Gasteiger partial charge in [-0.25, -0.2) is 17.9 Å². The monoisotopic (exact) mass is 310 g/mol. The highest BCUT2D eigenvalue weighted by molar-refractivity contribution is 7.89. The van der Waals surface area contributed by atoms with Crippen LogP contribution in [0.25, 0.3) is 10.9 Å². The third-order valence-electron chi connectivity index (χ3n) is 2.91. The molecule has 2 rings (SSSR count). The van der Waals surface area contributed by atoms with E-state index >= 15 is 0 Å². The lowest BCUT2D eigenvalue weighted by Gasteiger charge is -2.13. The first kappa shape index (κ1) is 15.4. The minimum absolute atomic E-state index is 0.0494. The van der Waals surface area contributed by atoms with Crippen LogP contribution in [-0.2, 0) is 19.6 Å². The predicted octanol–water partition coefficient (Wildman–Crippen LogP) is 0.613. The van der Waals surface area contributed by atoms with Gasteiger partial charge in [0, 0.05) is 25.2 Å². The number of fused-ring (bicyclic) bond motifs is 1. The van der Waals surface area contributed by atoms with E-state index in [2.05, 4.69) is 9.71 Å². The Bertz CT molecular complexity index is 755. The van der Waals surface area contributed by atoms with E-state index in [1.807, 2.05) is 0 Å². The molecular formula is C13H14N2O5S. The summed E-state index contributed by atoms with van der Waals surface area (Å²) in [5.74, 6) is -1.24. The molecule has 7 nitrogen and oxygen atoms in total. The number of nitrogens with zero attached hydrogens (tertiary/aromatic N) is 1. The molecule has 0 saturated heterocycles. The van der Waals surface area contributed by atoms with Crippen LogP contribution in [0.4, 0.5) is 0 Å². The highest BCUT2D eigenvalue weighted by Gasteiger charge is 2.22. The lowest BCUT2D eigenvalue weighted by Crippen LogP contribution is -2.37. The summed E-state index contributed by atoms with van der Waals surface area (Å²) >= 11 is 0. The van der Waals surface area contributed by atoms with Gasteiger partial charge in [-0.05, 0) is 24.3 Å². The van der Waals surface area contributed by atoms with Crippen LogP contribution < -0.4 is 4.72 Å². The Balaban J connectivity index is 2.32. The topological polar surface area (TPSA) is 106 Å². The fourth-order valence-electron chi connectivity index (χ4n) is 1.84. The van der Waals surface area contributed by atoms with Gasteiger partial charge in [0.1, 0.15) is 0 Å². The van der Waals surface area contributed by atoms with Crippen LogP contribution in [0.3, 0.4) is 0 Å². The molecular weight excluding hydrogens is 296 g/mol. The molecule has 0 aliphatic rings. The Kier molecular flexibility index (Phi) is 4.51. The second kappa shape index (κ2) is 6.17. The van der Waals surface area contributed by atoms with Crippen molar-refractivity contribution < 1.29 is 23.1 Å². The van der Waals surface area contributed by atoms with Gasteiger partial charge in [-0.3, -0.25) is 4.98 Å². The van der Waals surface area contributed by atoms with Crippen LogP contribution in [-0.4, -0.2) is 44.2 Å². The number of sulfonamides is 1. The van der Waals surface area contributed by atoms with E-state index in [4.69, 9.17) is 9.84 Å². The molecule has 0 fully saturated rings. The minimum atomic E-state index is -3.86. The molecule has 0 radical (unpaired) electrons. The molecule has 21 heavy (non-hydrogen) atoms. The molecule has 0 aliphatic carbocycles. The summed E-state index contributed by atoms with van der Waals surface area (Å²) < 4.78 is 31.5. The zero-order chi connectivity index (χ0) is 15.5. The number of nitrogens with one attached hydrogen (secondary N) is 1. The van der Waals surface area contributed by atoms with Crippen molar-refractivity contribution in [1.29, 1.82) is 0 Å². The zero-order valence-electron chi connectivity index (χ0n) is 11.2. The Labute approximate surface area is 121 Å². The molecule has 0 bridgehead atoms. The lowest BCUT2D eigenvalue weighted by atomic mass is 10.2. The van der Waals surface area contributed by atoms with Crippen LogP contribution in [0.2, 0.25) is 0 Å². The smallest absolute Gasteiger partial charge is 0.334 e. The Morgan fingerprint density at radius 2 is 2.14 bits per heavy atom. The van der Waals surface area contributed by atoms with E-state index in [-0.39, 0.29) is 11.4 Å². The average Bonchev–Trinajstić information content (AvgIpc) is 2.46. The maximum atomic E-state index is 12.3. The van der Waals surface area contributed by atoms with Gasteiger partial charge in [-0.2, -0.15) is 0 Å². The second-order valence-electron chi connectivity index (χ2n) is 4.24. The molecule has 8 heteroatoms. The largest absolute Gasteiger partial charge is 0.479 e. The molecule has 1 aromatic carbocycles. The van der Waals surface area contributed by atoms with Gasteiger partial charge in [-0.15, -0.1) is 0 Å². The number of methoxy groups -OCH3 is 1. The van der Waals surface area contributed by atoms with Crippen molar-refractivity contribution >= 4 is 26.9 Å². The molecule has 0 aliphatic heterocycles. The van der Waals surface area contributed by atoms with E-state index in [9.17, 15) is 13.2 Å². The first-order valence-electron chi connectivity index (χ1n) is 6.04. The number of aromatic nitrogens is 1. The normalized spacial score (nSPS) is 13.2. The molecule has 0 spiro atoms. The fraction of sp³-hybridized carbons (Fsp3) is 0.231. The van der Waals surface area contributed by atoms with E-state index < -0.39 is 22.1 Å². The van der Waals surface area contributed by atoms with Crippen LogP contribution in [0.5, 0.6) is 0 Å². The summed E-state index contributed by atoms with van der Waals surface area (Å²) in [6.07, 6.45) is 0.324. The van der Waals surface area contributed by atoms with Gasteiger partial charge in [-0.1, -0.05) is 6.07 Å². The predicted molar refractivity (Wildman–Crippen MR) is 75.4 cm³/mol. The quantitative estimate of drug-likeness (QED) is 0.810. The summed E-state index contributed by atoms with van der Waals surface area (Å²) in [6, 6.07) is 7.99. The van der Waals surface area contributed by atoms with E-state index in [1.165, 1.54) is 13.2 Å². The highest BCUT2D eigenvalue weighted by Crippen LogP contribution is 2.20. The summed E-state index contributed by atoms with van der Waals surface area (Å²) in [6.45, 7) is -0.356. The number of carbonyl (C=O) groups is 1. The number of pyridine rings is 1. The van der Waals surface area contributed by atoms with E-state index in [0.717, 1.165) is 0 Å². The zero-order valence-corrected chi connectivity index (χ0v) is 12.0. The number of benzene rings is 1. The molecule has 1 heterocycles. The van der Waals surface area contributed by atoms with Crippen LogP contribution in [0, 0.1) is 0 Å². The van der Waals surface area contributed by atoms with Crippen molar-refractivity contribution in [3.8, 4) is 0 Å². The third kappa shape index (κ3) is 3.35. The van der Waals surface area contributed by atoms with E-state index in [0.29, 0.717) is 10.9 Å². The number of hydrogen-bond acceptors (Lipinski definition) is 5. The first-order valence-corrected chi connectivity index (χ1v) is 7.53. The molecule has 112 valence electrons. The van der Waals surface area contributed by atoms with Gasteiger partial charge in [0.25, 0.3) is 0 Å². The van der Waals surface area contributed by atoms with Crippen molar-refractivity contribution in [3.05, 3.63) is 36.5 Å². The number of aliphatic carboxylic acids is 1. The average molecular weight is 310 g/mol. The molecule has 1 atom stereocenters. The van der Waals surface area contributed by atoms with Gasteiger partial charge < -0.3 is 9.84 Å². The summed E-state index contributed by atoms with van der Waals surface area (Å²) in [4.78, 5) is 15.0. The molecule has 0 amide bonds. The van der Waals surface area contributed by atoms with Crippen molar-refractivity contribution in [3.63, 3.8) is 0 Å². The molecule has 1 aromatic heterocycles. The molecule has 2 aromatic rings. The number of ether oxygens (including phenoxy) is 1. The van der Waals surface area contributed by atoms with Gasteiger partial charge >= 0.3 is 5.97 Å². The third-order valence-corrected chi connectivity index (χ3v) is 4.40. The summed E-state index contributed by atoms with van der Waals surface area (Å²) in [5, 5.41) is 9.31. The molecule has 1 unspecified atom stereocenters. The fourth-order valence-corrected chi connectivity index (χ4v) is 3.09. The minimum Gasteiger partial charge on any atom is -0.479 e. The first-order chi connectivity index (χ1) is 9.95. The highest BCUT2D eigenvalue weighted by atomic mass is 32.2. The Morgan fingerprint density at radius 1 is 1.38 bits per heavy atom. The van der Waals surface area contributed by atoms with Crippen molar-refractivity contribution in [1.82, 2.24) is 9.71 Å². The summed E-state index contributed by atoms with van der Waals surface area (Å²) in [5.41, 5.74) is 0.543. The number of hydrogen-bond donors (Lipinski definition) is 2. The van der Waals surface area contributed by atoms with Gasteiger partial charge in [0.05, 0.1) is 10.4 Å². The number of rotatable bonds is 6. The van der Waals surface area contributed by atoms with Crippen molar-refractivity contribution in [2.45, 2.75) is 11.0 Å². The summed E-state index contributed by atoms with van der Waals surface area (Å²) in [7, 11) is -2.66. The number of carboxylic acid groups (broad SMARTS) is 1. The van der Waals surface area contributed by atoms with Gasteiger partial charge in [0.15, 0.2) is 6.10 Å². The Hall–Kier alpha value is -2.03. The van der Waals surface area contributed by atoms with Gasteiger partial charge in [0.2, 0.25) is 10.0 Å². The maximum Gasteiger partial charge on any atom is 0.334 e. The maximum absolute atomic E-state index is 12.3. The molecule has 2 N–H and O–H groups in total. The second-order valence-corrected chi connectivity index (χ2v) is 5.98. The Morgan fingerprint density at radius 3 is 2.81 bits per heavy atom. The lowest BCUT2D eigenvalue weighted by molar-refractivity contribution is -0.147. The standard InChI is InChI=1S/C13H14N2O5S/c1-20-11(13(16)17)8-15-21(18,19)12-6-2-5-10-9(12)4-3-7-14-10/h2-7,11,15H,8H2,1H3,(H,16,17). The van der Waals surface area contributed by atoms with E-state index in [1.54, 1.807) is 30.5 Å². The molecule has 0 saturated carbocycles. The van der Waals surface area contributed by atoms with Crippen molar-refractivity contribution in [2.75, 3.05) is 13.7 Å². The SMILES string of the molecule is COC(CNS(=O)(=O)c1cccc2ncccc12)C(=O)O. The van der Waals surface area contributed by atoms with Crippen molar-refractivity contribution in [2.24, 2.45) is 0 Å². The van der Waals surface area contributed by atoms with Crippen LogP contribution >= 0.6 is 0 Å². The van der Waals surface area contributed by atoms with Crippen LogP contribution in [0.1, 0.15) is 0 Å².